The highest BCUT2D eigenvalue weighted by atomic mass is 32.2. The lowest BCUT2D eigenvalue weighted by atomic mass is 10.1. The van der Waals surface area contributed by atoms with E-state index in [4.69, 9.17) is 9.72 Å². The van der Waals surface area contributed by atoms with Crippen LogP contribution in [0.5, 0.6) is 0 Å². The molecule has 7 heteroatoms. The number of aromatic nitrogens is 1. The monoisotopic (exact) mass is 387 g/mol. The van der Waals surface area contributed by atoms with E-state index < -0.39 is 0 Å². The van der Waals surface area contributed by atoms with Crippen LogP contribution in [0.2, 0.25) is 0 Å². The van der Waals surface area contributed by atoms with Gasteiger partial charge in [-0.1, -0.05) is 30.0 Å². The third-order valence-electron chi connectivity index (χ3n) is 4.73. The molecule has 0 spiro atoms. The van der Waals surface area contributed by atoms with E-state index in [1.807, 2.05) is 17.0 Å². The van der Waals surface area contributed by atoms with Gasteiger partial charge in [0.25, 0.3) is 0 Å². The van der Waals surface area contributed by atoms with E-state index in [0.717, 1.165) is 21.5 Å². The molecule has 1 aliphatic rings. The van der Waals surface area contributed by atoms with Gasteiger partial charge in [0.2, 0.25) is 5.91 Å². The Labute approximate surface area is 163 Å². The standard InChI is InChI=1S/C20H25N3O3S/c1-4-26-20(25)23-10-8-22(9-11-23)18(24)13-27-17-12-15(3)16-7-5-6-14(2)19(16)21-17/h5-7,12H,4,8-11,13H2,1-3H3. The molecule has 2 aromatic rings. The summed E-state index contributed by atoms with van der Waals surface area (Å²) in [5, 5.41) is 2.02. The largest absolute Gasteiger partial charge is 0.450 e. The van der Waals surface area contributed by atoms with Crippen LogP contribution in [0.15, 0.2) is 29.3 Å². The van der Waals surface area contributed by atoms with Gasteiger partial charge in [-0.15, -0.1) is 0 Å². The Morgan fingerprint density at radius 1 is 1.11 bits per heavy atom. The molecule has 0 atom stereocenters. The molecule has 0 unspecified atom stereocenters. The first-order chi connectivity index (χ1) is 13.0. The quantitative estimate of drug-likeness (QED) is 0.754. The Morgan fingerprint density at radius 2 is 1.81 bits per heavy atom. The van der Waals surface area contributed by atoms with Crippen molar-refractivity contribution >= 4 is 34.7 Å². The van der Waals surface area contributed by atoms with Crippen LogP contribution in [0.4, 0.5) is 4.79 Å². The molecule has 1 aromatic heterocycles. The minimum Gasteiger partial charge on any atom is -0.450 e. The van der Waals surface area contributed by atoms with Gasteiger partial charge in [0.15, 0.2) is 0 Å². The van der Waals surface area contributed by atoms with E-state index in [0.29, 0.717) is 38.5 Å². The number of ether oxygens (including phenoxy) is 1. The van der Waals surface area contributed by atoms with E-state index in [-0.39, 0.29) is 12.0 Å². The first kappa shape index (κ1) is 19.5. The number of para-hydroxylation sites is 1. The highest BCUT2D eigenvalue weighted by Gasteiger charge is 2.24. The van der Waals surface area contributed by atoms with Gasteiger partial charge in [-0.25, -0.2) is 9.78 Å². The number of hydrogen-bond acceptors (Lipinski definition) is 5. The third-order valence-corrected chi connectivity index (χ3v) is 5.62. The molecule has 27 heavy (non-hydrogen) atoms. The maximum atomic E-state index is 12.5. The molecule has 3 rings (SSSR count). The summed E-state index contributed by atoms with van der Waals surface area (Å²) in [6.45, 7) is 8.40. The molecule has 1 saturated heterocycles. The van der Waals surface area contributed by atoms with Crippen molar-refractivity contribution < 1.29 is 14.3 Å². The van der Waals surface area contributed by atoms with Crippen molar-refractivity contribution in [3.05, 3.63) is 35.4 Å². The third kappa shape index (κ3) is 4.53. The fourth-order valence-electron chi connectivity index (χ4n) is 3.19. The number of thioether (sulfide) groups is 1. The molecular weight excluding hydrogens is 362 g/mol. The average molecular weight is 388 g/mol. The second-order valence-electron chi connectivity index (χ2n) is 6.60. The van der Waals surface area contributed by atoms with E-state index >= 15 is 0 Å². The lowest BCUT2D eigenvalue weighted by molar-refractivity contribution is -0.129. The molecule has 2 heterocycles. The van der Waals surface area contributed by atoms with Crippen molar-refractivity contribution in [2.75, 3.05) is 38.5 Å². The molecular formula is C20H25N3O3S. The van der Waals surface area contributed by atoms with Crippen LogP contribution in [-0.2, 0) is 9.53 Å². The predicted octanol–water partition coefficient (Wildman–Crippen LogP) is 3.24. The summed E-state index contributed by atoms with van der Waals surface area (Å²) in [5.74, 6) is 0.427. The molecule has 0 radical (unpaired) electrons. The van der Waals surface area contributed by atoms with Crippen molar-refractivity contribution in [3.8, 4) is 0 Å². The maximum absolute atomic E-state index is 12.5. The molecule has 0 aliphatic carbocycles. The number of rotatable bonds is 4. The molecule has 1 aliphatic heterocycles. The van der Waals surface area contributed by atoms with Crippen LogP contribution in [0, 0.1) is 13.8 Å². The van der Waals surface area contributed by atoms with Crippen LogP contribution in [0.1, 0.15) is 18.1 Å². The highest BCUT2D eigenvalue weighted by molar-refractivity contribution is 7.99. The molecule has 0 bridgehead atoms. The van der Waals surface area contributed by atoms with Crippen LogP contribution in [0.25, 0.3) is 10.9 Å². The summed E-state index contributed by atoms with van der Waals surface area (Å²) >= 11 is 1.47. The average Bonchev–Trinajstić information content (AvgIpc) is 2.67. The Balaban J connectivity index is 1.58. The van der Waals surface area contributed by atoms with Gasteiger partial charge in [-0.3, -0.25) is 4.79 Å². The minimum absolute atomic E-state index is 0.0767. The zero-order valence-electron chi connectivity index (χ0n) is 16.0. The molecule has 144 valence electrons. The second-order valence-corrected chi connectivity index (χ2v) is 7.60. The number of piperazine rings is 1. The van der Waals surface area contributed by atoms with E-state index in [1.165, 1.54) is 17.3 Å². The second kappa shape index (κ2) is 8.61. The smallest absolute Gasteiger partial charge is 0.409 e. The summed E-state index contributed by atoms with van der Waals surface area (Å²) in [6, 6.07) is 8.21. The van der Waals surface area contributed by atoms with Crippen molar-refractivity contribution in [1.29, 1.82) is 0 Å². The van der Waals surface area contributed by atoms with E-state index in [2.05, 4.69) is 26.0 Å². The summed E-state index contributed by atoms with van der Waals surface area (Å²) in [4.78, 5) is 32.5. The molecule has 6 nitrogen and oxygen atoms in total. The number of nitrogens with zero attached hydrogens (tertiary/aromatic N) is 3. The molecule has 1 aromatic carbocycles. The van der Waals surface area contributed by atoms with Crippen LogP contribution in [0.3, 0.4) is 0 Å². The van der Waals surface area contributed by atoms with Crippen molar-refractivity contribution in [2.24, 2.45) is 0 Å². The maximum Gasteiger partial charge on any atom is 0.409 e. The zero-order valence-corrected chi connectivity index (χ0v) is 16.8. The molecule has 1 fully saturated rings. The normalized spacial score (nSPS) is 14.5. The van der Waals surface area contributed by atoms with Gasteiger partial charge < -0.3 is 14.5 Å². The van der Waals surface area contributed by atoms with Gasteiger partial charge in [-0.2, -0.15) is 0 Å². The van der Waals surface area contributed by atoms with Crippen LogP contribution >= 0.6 is 11.8 Å². The Morgan fingerprint density at radius 3 is 2.52 bits per heavy atom. The number of benzene rings is 1. The lowest BCUT2D eigenvalue weighted by Gasteiger charge is -2.34. The molecule has 2 amide bonds. The number of pyridine rings is 1. The Kier molecular flexibility index (Phi) is 6.21. The number of carbonyl (C=O) groups excluding carboxylic acids is 2. The number of fused-ring (bicyclic) bond motifs is 1. The number of amides is 2. The van der Waals surface area contributed by atoms with Crippen molar-refractivity contribution in [2.45, 2.75) is 25.8 Å². The van der Waals surface area contributed by atoms with Gasteiger partial charge in [0, 0.05) is 31.6 Å². The van der Waals surface area contributed by atoms with Gasteiger partial charge in [0.1, 0.15) is 0 Å². The van der Waals surface area contributed by atoms with Crippen molar-refractivity contribution in [3.63, 3.8) is 0 Å². The van der Waals surface area contributed by atoms with Gasteiger partial charge >= 0.3 is 6.09 Å². The van der Waals surface area contributed by atoms with Crippen LogP contribution in [-0.4, -0.2) is 65.3 Å². The molecule has 0 saturated carbocycles. The summed E-state index contributed by atoms with van der Waals surface area (Å²) in [7, 11) is 0. The SMILES string of the molecule is CCOC(=O)N1CCN(C(=O)CSc2cc(C)c3cccc(C)c3n2)CC1. The fourth-order valence-corrected chi connectivity index (χ4v) is 4.05. The molecule has 0 N–H and O–H groups in total. The number of carbonyl (C=O) groups is 2. The summed E-state index contributed by atoms with van der Waals surface area (Å²) in [5.41, 5.74) is 3.30. The summed E-state index contributed by atoms with van der Waals surface area (Å²) in [6.07, 6.45) is -0.301. The predicted molar refractivity (Wildman–Crippen MR) is 107 cm³/mol. The summed E-state index contributed by atoms with van der Waals surface area (Å²) < 4.78 is 5.01. The zero-order chi connectivity index (χ0) is 19.4. The first-order valence-corrected chi connectivity index (χ1v) is 10.2. The number of aryl methyl sites for hydroxylation is 2. The minimum atomic E-state index is -0.301. The topological polar surface area (TPSA) is 62.7 Å². The Hall–Kier alpha value is -2.28. The Bertz CT molecular complexity index is 848. The van der Waals surface area contributed by atoms with E-state index in [1.54, 1.807) is 11.8 Å². The first-order valence-electron chi connectivity index (χ1n) is 9.19. The lowest BCUT2D eigenvalue weighted by Crippen LogP contribution is -2.51. The number of hydrogen-bond donors (Lipinski definition) is 0. The van der Waals surface area contributed by atoms with Crippen molar-refractivity contribution in [1.82, 2.24) is 14.8 Å². The fraction of sp³-hybridized carbons (Fsp3) is 0.450. The van der Waals surface area contributed by atoms with E-state index in [9.17, 15) is 9.59 Å². The van der Waals surface area contributed by atoms with Crippen LogP contribution < -0.4 is 0 Å². The van der Waals surface area contributed by atoms with Gasteiger partial charge in [0.05, 0.1) is 22.9 Å². The highest BCUT2D eigenvalue weighted by Crippen LogP contribution is 2.25. The van der Waals surface area contributed by atoms with Gasteiger partial charge in [-0.05, 0) is 38.0 Å².